The Balaban J connectivity index is 2.04. The fourth-order valence-electron chi connectivity index (χ4n) is 3.19. The first-order valence-corrected chi connectivity index (χ1v) is 9.70. The van der Waals surface area contributed by atoms with E-state index in [1.807, 2.05) is 0 Å². The predicted molar refractivity (Wildman–Crippen MR) is 101 cm³/mol. The number of hydrogen-bond donors (Lipinski definition) is 0. The third kappa shape index (κ3) is 4.16. The van der Waals surface area contributed by atoms with Crippen LogP contribution in [-0.2, 0) is 27.4 Å². The highest BCUT2D eigenvalue weighted by atomic mass is 35.5. The molecule has 1 aromatic carbocycles. The Labute approximate surface area is 170 Å². The largest absolute Gasteiger partial charge is 0.461 e. The van der Waals surface area contributed by atoms with Crippen LogP contribution in [0.4, 0.5) is 8.78 Å². The molecule has 2 heterocycles. The minimum Gasteiger partial charge on any atom is -0.461 e. The van der Waals surface area contributed by atoms with Crippen molar-refractivity contribution in [2.24, 2.45) is 0 Å². The van der Waals surface area contributed by atoms with Crippen molar-refractivity contribution in [3.05, 3.63) is 39.3 Å². The number of fused-ring (bicyclic) bond motifs is 1. The highest BCUT2D eigenvalue weighted by Gasteiger charge is 2.28. The maximum Gasteiger partial charge on any atom is 0.376 e. The Morgan fingerprint density at radius 3 is 2.45 bits per heavy atom. The molecule has 0 N–H and O–H groups in total. The number of aromatic nitrogens is 2. The molecule has 1 aliphatic heterocycles. The smallest absolute Gasteiger partial charge is 0.376 e. The summed E-state index contributed by atoms with van der Waals surface area (Å²) in [5.74, 6) is -3.34. The number of carbonyl (C=O) groups excluding carboxylic acids is 1. The minimum atomic E-state index is -1.54. The van der Waals surface area contributed by atoms with Gasteiger partial charge in [0.25, 0.3) is 11.8 Å². The molecule has 0 aliphatic carbocycles. The molecule has 0 bridgehead atoms. The van der Waals surface area contributed by atoms with Crippen molar-refractivity contribution in [1.82, 2.24) is 9.36 Å². The molecule has 0 spiro atoms. The summed E-state index contributed by atoms with van der Waals surface area (Å²) in [7, 11) is 0. The fourth-order valence-corrected chi connectivity index (χ4v) is 3.55. The van der Waals surface area contributed by atoms with Crippen LogP contribution in [0, 0.1) is 11.6 Å². The molecule has 0 saturated carbocycles. The van der Waals surface area contributed by atoms with Gasteiger partial charge in [-0.3, -0.25) is 9.48 Å². The summed E-state index contributed by atoms with van der Waals surface area (Å²) in [6.07, 6.45) is 0.102. The zero-order chi connectivity index (χ0) is 21.1. The quantitative estimate of drug-likeness (QED) is 0.497. The highest BCUT2D eigenvalue weighted by Crippen LogP contribution is 2.33. The molecule has 158 valence electrons. The fraction of sp³-hybridized carbons (Fsp3) is 0.474. The van der Waals surface area contributed by atoms with E-state index >= 15 is 0 Å². The molecule has 1 aliphatic rings. The summed E-state index contributed by atoms with van der Waals surface area (Å²) in [6.45, 7) is 4.37. The summed E-state index contributed by atoms with van der Waals surface area (Å²) < 4.78 is 47.2. The maximum absolute atomic E-state index is 14.6. The van der Waals surface area contributed by atoms with Gasteiger partial charge in [-0.25, -0.2) is 18.3 Å². The van der Waals surface area contributed by atoms with Crippen LogP contribution in [0.25, 0.3) is 11.1 Å². The zero-order valence-electron chi connectivity index (χ0n) is 16.0. The maximum atomic E-state index is 14.6. The van der Waals surface area contributed by atoms with Crippen molar-refractivity contribution in [3.63, 3.8) is 0 Å². The van der Waals surface area contributed by atoms with Crippen LogP contribution >= 0.6 is 11.6 Å². The number of esters is 1. The minimum absolute atomic E-state index is 0.0675. The number of halogens is 3. The van der Waals surface area contributed by atoms with Gasteiger partial charge in [0.05, 0.1) is 12.2 Å². The standard InChI is InChI=1S/C19H21ClF2N2O5/c1-3-27-18(26)19(28-4-2)29-14-9-11(12(21)10-13(14)22)15-16(20)23-7-5-6-8-24(23)17(15)25/h9-10,19H,3-8H2,1-2H3. The predicted octanol–water partition coefficient (Wildman–Crippen LogP) is 3.35. The normalized spacial score (nSPS) is 14.4. The Morgan fingerprint density at radius 2 is 1.83 bits per heavy atom. The molecule has 0 radical (unpaired) electrons. The van der Waals surface area contributed by atoms with E-state index < -0.39 is 35.2 Å². The molecule has 0 amide bonds. The van der Waals surface area contributed by atoms with Crippen LogP contribution in [0.5, 0.6) is 5.75 Å². The van der Waals surface area contributed by atoms with E-state index in [2.05, 4.69) is 0 Å². The van der Waals surface area contributed by atoms with E-state index in [9.17, 15) is 18.4 Å². The Morgan fingerprint density at radius 1 is 1.14 bits per heavy atom. The highest BCUT2D eigenvalue weighted by molar-refractivity contribution is 6.32. The van der Waals surface area contributed by atoms with Crippen LogP contribution in [0.15, 0.2) is 16.9 Å². The average molecular weight is 431 g/mol. The molecule has 29 heavy (non-hydrogen) atoms. The lowest BCUT2D eigenvalue weighted by atomic mass is 10.1. The van der Waals surface area contributed by atoms with Crippen LogP contribution in [-0.4, -0.2) is 34.8 Å². The van der Waals surface area contributed by atoms with Crippen LogP contribution in [0.1, 0.15) is 26.7 Å². The summed E-state index contributed by atoms with van der Waals surface area (Å²) in [6, 6.07) is 1.58. The zero-order valence-corrected chi connectivity index (χ0v) is 16.8. The van der Waals surface area contributed by atoms with Gasteiger partial charge in [0, 0.05) is 31.3 Å². The SMILES string of the molecule is CCOC(=O)C(OCC)Oc1cc(-c2c(Cl)n3n(c2=O)CCCC3)c(F)cc1F. The van der Waals surface area contributed by atoms with E-state index in [1.54, 1.807) is 18.5 Å². The second-order valence-electron chi connectivity index (χ2n) is 6.34. The second kappa shape index (κ2) is 8.96. The van der Waals surface area contributed by atoms with Crippen molar-refractivity contribution in [1.29, 1.82) is 0 Å². The van der Waals surface area contributed by atoms with Crippen LogP contribution < -0.4 is 10.3 Å². The number of benzene rings is 1. The van der Waals surface area contributed by atoms with Crippen molar-refractivity contribution in [2.75, 3.05) is 13.2 Å². The van der Waals surface area contributed by atoms with Crippen molar-refractivity contribution in [3.8, 4) is 16.9 Å². The van der Waals surface area contributed by atoms with Gasteiger partial charge in [-0.1, -0.05) is 11.6 Å². The third-order valence-electron chi connectivity index (χ3n) is 4.48. The van der Waals surface area contributed by atoms with Crippen molar-refractivity contribution < 1.29 is 27.8 Å². The topological polar surface area (TPSA) is 71.7 Å². The number of nitrogens with zero attached hydrogens (tertiary/aromatic N) is 2. The molecule has 1 unspecified atom stereocenters. The van der Waals surface area contributed by atoms with E-state index in [0.717, 1.165) is 18.9 Å². The molecule has 0 saturated heterocycles. The van der Waals surface area contributed by atoms with Crippen LogP contribution in [0.3, 0.4) is 0 Å². The number of hydrogen-bond acceptors (Lipinski definition) is 5. The van der Waals surface area contributed by atoms with Gasteiger partial charge in [0.2, 0.25) is 0 Å². The van der Waals surface area contributed by atoms with Gasteiger partial charge in [0.15, 0.2) is 11.6 Å². The molecular weight excluding hydrogens is 410 g/mol. The average Bonchev–Trinajstić information content (AvgIpc) is 2.94. The molecule has 2 aromatic rings. The number of carbonyl (C=O) groups is 1. The number of ether oxygens (including phenoxy) is 3. The van der Waals surface area contributed by atoms with Gasteiger partial charge in [0.1, 0.15) is 11.0 Å². The second-order valence-corrected chi connectivity index (χ2v) is 6.70. The Kier molecular flexibility index (Phi) is 6.59. The van der Waals surface area contributed by atoms with Crippen LogP contribution in [0.2, 0.25) is 5.15 Å². The Hall–Kier alpha value is -2.39. The molecule has 10 heteroatoms. The van der Waals surface area contributed by atoms with E-state index in [1.165, 1.54) is 4.68 Å². The molecule has 7 nitrogen and oxygen atoms in total. The van der Waals surface area contributed by atoms with E-state index in [0.29, 0.717) is 19.2 Å². The summed E-state index contributed by atoms with van der Waals surface area (Å²) in [4.78, 5) is 24.7. The van der Waals surface area contributed by atoms with Gasteiger partial charge in [-0.2, -0.15) is 0 Å². The molecule has 3 rings (SSSR count). The van der Waals surface area contributed by atoms with E-state index in [-0.39, 0.29) is 29.5 Å². The molecular formula is C19H21ClF2N2O5. The van der Waals surface area contributed by atoms with Gasteiger partial charge in [-0.05, 0) is 32.8 Å². The lowest BCUT2D eigenvalue weighted by Crippen LogP contribution is -2.32. The Bertz CT molecular complexity index is 972. The first-order valence-electron chi connectivity index (χ1n) is 9.32. The first-order chi connectivity index (χ1) is 13.9. The lowest BCUT2D eigenvalue weighted by Gasteiger charge is -2.18. The lowest BCUT2D eigenvalue weighted by molar-refractivity contribution is -0.176. The summed E-state index contributed by atoms with van der Waals surface area (Å²) in [5, 5.41) is 0.0675. The summed E-state index contributed by atoms with van der Waals surface area (Å²) >= 11 is 6.34. The first kappa shape index (κ1) is 21.3. The monoisotopic (exact) mass is 430 g/mol. The van der Waals surface area contributed by atoms with Gasteiger partial charge in [-0.15, -0.1) is 0 Å². The van der Waals surface area contributed by atoms with Crippen molar-refractivity contribution >= 4 is 17.6 Å². The van der Waals surface area contributed by atoms with Gasteiger partial charge >= 0.3 is 5.97 Å². The van der Waals surface area contributed by atoms with E-state index in [4.69, 9.17) is 25.8 Å². The van der Waals surface area contributed by atoms with Crippen molar-refractivity contribution in [2.45, 2.75) is 46.1 Å². The molecule has 1 atom stereocenters. The third-order valence-corrected chi connectivity index (χ3v) is 4.87. The molecule has 1 aromatic heterocycles. The number of rotatable bonds is 7. The summed E-state index contributed by atoms with van der Waals surface area (Å²) in [5.41, 5.74) is -0.775. The molecule has 0 fully saturated rings. The van der Waals surface area contributed by atoms with Gasteiger partial charge < -0.3 is 14.2 Å².